The molecule has 0 saturated carbocycles. The third kappa shape index (κ3) is 5.57. The number of amides is 1. The third-order valence-electron chi connectivity index (χ3n) is 2.97. The van der Waals surface area contributed by atoms with E-state index in [9.17, 15) is 20.0 Å². The molecule has 0 spiro atoms. The van der Waals surface area contributed by atoms with Gasteiger partial charge in [-0.2, -0.15) is 5.10 Å². The molecule has 0 aliphatic heterocycles. The first kappa shape index (κ1) is 18.9. The highest BCUT2D eigenvalue weighted by Gasteiger charge is 2.17. The first-order valence-corrected chi connectivity index (χ1v) is 8.30. The topological polar surface area (TPSA) is 117 Å². The van der Waals surface area contributed by atoms with E-state index in [2.05, 4.69) is 38.4 Å². The van der Waals surface area contributed by atoms with Gasteiger partial charge in [0.25, 0.3) is 5.91 Å². The van der Waals surface area contributed by atoms with Crippen molar-refractivity contribution in [3.8, 4) is 5.75 Å². The smallest absolute Gasteiger partial charge is 0.312 e. The summed E-state index contributed by atoms with van der Waals surface area (Å²) in [5, 5.41) is 27.3. The van der Waals surface area contributed by atoms with E-state index >= 15 is 0 Å². The van der Waals surface area contributed by atoms with E-state index in [1.807, 2.05) is 24.3 Å². The van der Waals surface area contributed by atoms with Crippen LogP contribution in [0.4, 0.5) is 11.4 Å². The van der Waals surface area contributed by atoms with Gasteiger partial charge in [-0.1, -0.05) is 11.6 Å². The lowest BCUT2D eigenvalue weighted by atomic mass is 10.2. The fraction of sp³-hybridized carbons (Fsp3) is 0.0667. The van der Waals surface area contributed by atoms with Crippen molar-refractivity contribution in [1.29, 1.82) is 0 Å². The lowest BCUT2D eigenvalue weighted by Gasteiger charge is -2.05. The number of hydrazone groups is 1. The van der Waals surface area contributed by atoms with E-state index in [-0.39, 0.29) is 17.1 Å². The van der Waals surface area contributed by atoms with E-state index < -0.39 is 22.3 Å². The molecule has 0 radical (unpaired) electrons. The fourth-order valence-electron chi connectivity index (χ4n) is 1.81. The zero-order chi connectivity index (χ0) is 18.4. The number of hydrogen-bond donors (Lipinski definition) is 3. The quantitative estimate of drug-likeness (QED) is 0.257. The number of aromatic hydroxyl groups is 1. The average Bonchev–Trinajstić information content (AvgIpc) is 2.57. The number of phenolic OH excluding ortho intramolecular Hbond substituents is 1. The second kappa shape index (κ2) is 8.62. The number of nitro groups is 1. The molecule has 1 amide bonds. The number of nitrogens with zero attached hydrogens (tertiary/aromatic N) is 2. The van der Waals surface area contributed by atoms with Gasteiger partial charge < -0.3 is 10.4 Å². The molecule has 2 aromatic rings. The van der Waals surface area contributed by atoms with E-state index in [0.717, 1.165) is 21.5 Å². The summed E-state index contributed by atoms with van der Waals surface area (Å²) in [6, 6.07) is 9.78. The Balaban J connectivity index is 1.95. The Hall–Kier alpha value is -2.40. The summed E-state index contributed by atoms with van der Waals surface area (Å²) < 4.78 is 1.08. The van der Waals surface area contributed by atoms with Crippen molar-refractivity contribution in [3.05, 3.63) is 60.7 Å². The molecular weight excluding hydrogens is 463 g/mol. The van der Waals surface area contributed by atoms with E-state index in [0.29, 0.717) is 0 Å². The van der Waals surface area contributed by atoms with Gasteiger partial charge in [0.05, 0.1) is 17.7 Å². The van der Waals surface area contributed by atoms with Crippen LogP contribution in [0.1, 0.15) is 5.56 Å². The van der Waals surface area contributed by atoms with E-state index in [1.165, 1.54) is 6.07 Å². The normalized spacial score (nSPS) is 10.6. The van der Waals surface area contributed by atoms with Crippen LogP contribution >= 0.6 is 34.2 Å². The number of rotatable bonds is 6. The first-order chi connectivity index (χ1) is 11.9. The molecule has 0 atom stereocenters. The summed E-state index contributed by atoms with van der Waals surface area (Å²) in [6.45, 7) is -0.0143. The van der Waals surface area contributed by atoms with Crippen molar-refractivity contribution in [2.24, 2.45) is 5.10 Å². The number of nitro benzene ring substituents is 1. The van der Waals surface area contributed by atoms with Crippen LogP contribution in [-0.4, -0.2) is 28.7 Å². The summed E-state index contributed by atoms with van der Waals surface area (Å²) in [5.41, 5.74) is 2.51. The number of nitrogens with one attached hydrogen (secondary N) is 2. The molecule has 0 aliphatic carbocycles. The molecule has 0 saturated heterocycles. The Morgan fingerprint density at radius 1 is 1.36 bits per heavy atom. The molecule has 10 heteroatoms. The molecule has 0 heterocycles. The average molecular weight is 475 g/mol. The summed E-state index contributed by atoms with van der Waals surface area (Å²) in [6.07, 6.45) is 1.08. The monoisotopic (exact) mass is 474 g/mol. The van der Waals surface area contributed by atoms with Crippen LogP contribution in [0.3, 0.4) is 0 Å². The van der Waals surface area contributed by atoms with Crippen molar-refractivity contribution in [3.63, 3.8) is 0 Å². The lowest BCUT2D eigenvalue weighted by molar-refractivity contribution is -0.385. The van der Waals surface area contributed by atoms with Crippen molar-refractivity contribution >= 4 is 57.7 Å². The van der Waals surface area contributed by atoms with Gasteiger partial charge in [0, 0.05) is 25.9 Å². The van der Waals surface area contributed by atoms with Gasteiger partial charge in [0.15, 0.2) is 0 Å². The zero-order valence-electron chi connectivity index (χ0n) is 12.6. The molecule has 2 aromatic carbocycles. The maximum absolute atomic E-state index is 11.7. The molecule has 130 valence electrons. The second-order valence-corrected chi connectivity index (χ2v) is 6.46. The second-order valence-electron chi connectivity index (χ2n) is 4.77. The Morgan fingerprint density at radius 2 is 2.04 bits per heavy atom. The van der Waals surface area contributed by atoms with Gasteiger partial charge in [-0.3, -0.25) is 14.9 Å². The van der Waals surface area contributed by atoms with Gasteiger partial charge in [0.1, 0.15) is 0 Å². The minimum atomic E-state index is -0.762. The standard InChI is InChI=1S/C15H12ClIN4O4/c16-10-5-9(15(23)13(6-10)21(24)25)7-19-20-14(22)8-18-12-3-1-11(17)2-4-12/h1-7,18,23H,8H2,(H,20,22)/b19-7-. The van der Waals surface area contributed by atoms with Crippen LogP contribution < -0.4 is 10.7 Å². The van der Waals surface area contributed by atoms with Gasteiger partial charge >= 0.3 is 5.69 Å². The third-order valence-corrected chi connectivity index (χ3v) is 3.91. The van der Waals surface area contributed by atoms with E-state index in [4.69, 9.17) is 11.6 Å². The maximum atomic E-state index is 11.7. The Labute approximate surface area is 161 Å². The van der Waals surface area contributed by atoms with Gasteiger partial charge in [-0.25, -0.2) is 5.43 Å². The number of benzene rings is 2. The summed E-state index contributed by atoms with van der Waals surface area (Å²) in [7, 11) is 0. The summed E-state index contributed by atoms with van der Waals surface area (Å²) in [4.78, 5) is 21.8. The predicted octanol–water partition coefficient (Wildman–Crippen LogP) is 3.12. The lowest BCUT2D eigenvalue weighted by Crippen LogP contribution is -2.25. The molecule has 8 nitrogen and oxygen atoms in total. The van der Waals surface area contributed by atoms with Gasteiger partial charge in [0.2, 0.25) is 5.75 Å². The van der Waals surface area contributed by atoms with Crippen LogP contribution in [0.15, 0.2) is 41.5 Å². The number of phenols is 1. The molecule has 0 unspecified atom stereocenters. The molecule has 0 fully saturated rings. The van der Waals surface area contributed by atoms with Gasteiger partial charge in [-0.15, -0.1) is 0 Å². The highest BCUT2D eigenvalue weighted by Crippen LogP contribution is 2.32. The number of carbonyl (C=O) groups excluding carboxylic acids is 1. The van der Waals surface area contributed by atoms with E-state index in [1.54, 1.807) is 0 Å². The fourth-order valence-corrected chi connectivity index (χ4v) is 2.39. The molecule has 0 aromatic heterocycles. The number of hydrogen-bond acceptors (Lipinski definition) is 6. The van der Waals surface area contributed by atoms with Crippen molar-refractivity contribution in [2.75, 3.05) is 11.9 Å². The highest BCUT2D eigenvalue weighted by molar-refractivity contribution is 14.1. The van der Waals surface area contributed by atoms with Crippen LogP contribution in [0, 0.1) is 13.7 Å². The predicted molar refractivity (Wildman–Crippen MR) is 103 cm³/mol. The molecule has 0 aliphatic rings. The van der Waals surface area contributed by atoms with Crippen molar-refractivity contribution < 1.29 is 14.8 Å². The summed E-state index contributed by atoms with van der Waals surface area (Å²) >= 11 is 7.94. The molecular formula is C15H12ClIN4O4. The van der Waals surface area contributed by atoms with Crippen molar-refractivity contribution in [1.82, 2.24) is 5.43 Å². The van der Waals surface area contributed by atoms with Gasteiger partial charge in [-0.05, 0) is 52.9 Å². The summed E-state index contributed by atoms with van der Waals surface area (Å²) in [5.74, 6) is -1.00. The Bertz CT molecular complexity index is 827. The molecule has 3 N–H and O–H groups in total. The van der Waals surface area contributed by atoms with Crippen molar-refractivity contribution in [2.45, 2.75) is 0 Å². The Kier molecular flexibility index (Phi) is 6.53. The molecule has 0 bridgehead atoms. The van der Waals surface area contributed by atoms with Crippen LogP contribution in [-0.2, 0) is 4.79 Å². The number of halogens is 2. The molecule has 25 heavy (non-hydrogen) atoms. The SMILES string of the molecule is O=C(CNc1ccc(I)cc1)N/N=C\c1cc(Cl)cc([N+](=O)[O-])c1O. The minimum absolute atomic E-state index is 0.0143. The van der Waals surface area contributed by atoms with Crippen LogP contribution in [0.25, 0.3) is 0 Å². The first-order valence-electron chi connectivity index (χ1n) is 6.85. The molecule has 2 rings (SSSR count). The zero-order valence-corrected chi connectivity index (χ0v) is 15.5. The Morgan fingerprint density at radius 3 is 2.68 bits per heavy atom. The number of carbonyl (C=O) groups is 1. The van der Waals surface area contributed by atoms with Crippen LogP contribution in [0.2, 0.25) is 5.02 Å². The highest BCUT2D eigenvalue weighted by atomic mass is 127. The maximum Gasteiger partial charge on any atom is 0.312 e. The largest absolute Gasteiger partial charge is 0.502 e. The van der Waals surface area contributed by atoms with Crippen LogP contribution in [0.5, 0.6) is 5.75 Å². The number of anilines is 1. The minimum Gasteiger partial charge on any atom is -0.502 e.